The minimum Gasteiger partial charge on any atom is -0.379 e. The summed E-state index contributed by atoms with van der Waals surface area (Å²) >= 11 is 0. The summed E-state index contributed by atoms with van der Waals surface area (Å²) in [6.07, 6.45) is 0.707. The van der Waals surface area contributed by atoms with Gasteiger partial charge in [0.15, 0.2) is 5.78 Å². The number of hydrogen-bond donors (Lipinski definition) is 1. The van der Waals surface area contributed by atoms with Gasteiger partial charge in [0.1, 0.15) is 11.4 Å². The summed E-state index contributed by atoms with van der Waals surface area (Å²) in [4.78, 5) is 11.9. The molecule has 3 nitrogen and oxygen atoms in total. The van der Waals surface area contributed by atoms with Crippen LogP contribution in [0.25, 0.3) is 0 Å². The number of benzene rings is 1. The van der Waals surface area contributed by atoms with Crippen LogP contribution >= 0.6 is 0 Å². The van der Waals surface area contributed by atoms with E-state index in [1.807, 2.05) is 0 Å². The van der Waals surface area contributed by atoms with Crippen molar-refractivity contribution in [3.8, 4) is 0 Å². The van der Waals surface area contributed by atoms with Gasteiger partial charge in [0.2, 0.25) is 0 Å². The molecule has 4 heteroatoms. The minimum absolute atomic E-state index is 0.0874. The zero-order chi connectivity index (χ0) is 11.6. The first kappa shape index (κ1) is 11.2. The lowest BCUT2D eigenvalue weighted by atomic mass is 9.90. The van der Waals surface area contributed by atoms with Crippen LogP contribution in [0.1, 0.15) is 12.0 Å². The molecule has 0 amide bonds. The van der Waals surface area contributed by atoms with Gasteiger partial charge >= 0.3 is 0 Å². The third-order valence-electron chi connectivity index (χ3n) is 2.86. The van der Waals surface area contributed by atoms with Gasteiger partial charge in [0.25, 0.3) is 0 Å². The predicted molar refractivity (Wildman–Crippen MR) is 57.5 cm³/mol. The van der Waals surface area contributed by atoms with Gasteiger partial charge in [-0.15, -0.1) is 0 Å². The molecule has 1 unspecified atom stereocenters. The molecule has 16 heavy (non-hydrogen) atoms. The average molecular weight is 223 g/mol. The topological polar surface area (TPSA) is 52.3 Å². The molecule has 1 atom stereocenters. The third kappa shape index (κ3) is 2.28. The van der Waals surface area contributed by atoms with Gasteiger partial charge in [-0.05, 0) is 24.1 Å². The number of hydrogen-bond acceptors (Lipinski definition) is 3. The summed E-state index contributed by atoms with van der Waals surface area (Å²) in [6.45, 7) is 0.784. The fourth-order valence-electron chi connectivity index (χ4n) is 1.81. The number of Topliss-reactive ketones (excluding diaryl/α,β-unsaturated/α-hetero) is 1. The van der Waals surface area contributed by atoms with Crippen LogP contribution in [-0.4, -0.2) is 24.5 Å². The number of carbonyl (C=O) groups is 1. The van der Waals surface area contributed by atoms with Gasteiger partial charge in [-0.25, -0.2) is 4.39 Å². The van der Waals surface area contributed by atoms with Gasteiger partial charge in [-0.3, -0.25) is 4.79 Å². The Balaban J connectivity index is 2.07. The van der Waals surface area contributed by atoms with Crippen LogP contribution < -0.4 is 5.73 Å². The van der Waals surface area contributed by atoms with Crippen molar-refractivity contribution in [2.45, 2.75) is 18.4 Å². The summed E-state index contributed by atoms with van der Waals surface area (Å²) < 4.78 is 18.0. The number of rotatable bonds is 3. The first-order valence-corrected chi connectivity index (χ1v) is 5.24. The molecule has 0 aromatic heterocycles. The van der Waals surface area contributed by atoms with E-state index in [-0.39, 0.29) is 24.6 Å². The molecule has 1 aromatic rings. The molecule has 1 aliphatic heterocycles. The molecule has 86 valence electrons. The van der Waals surface area contributed by atoms with Gasteiger partial charge in [0.05, 0.1) is 6.61 Å². The molecule has 2 N–H and O–H groups in total. The van der Waals surface area contributed by atoms with Gasteiger partial charge in [0, 0.05) is 13.0 Å². The molecule has 0 saturated carbocycles. The maximum atomic E-state index is 12.9. The molecular weight excluding hydrogens is 209 g/mol. The summed E-state index contributed by atoms with van der Waals surface area (Å²) in [7, 11) is 0. The third-order valence-corrected chi connectivity index (χ3v) is 2.86. The number of carbonyl (C=O) groups excluding carboxylic acids is 1. The standard InChI is InChI=1S/C12H14FNO2/c13-10-3-1-2-9(6-10)7-11(15)12(14)4-5-16-8-12/h1-3,6H,4-5,7-8,14H2. The van der Waals surface area contributed by atoms with Crippen LogP contribution in [0.5, 0.6) is 0 Å². The van der Waals surface area contributed by atoms with Crippen molar-refractivity contribution < 1.29 is 13.9 Å². The second-order valence-electron chi connectivity index (χ2n) is 4.19. The second kappa shape index (κ2) is 4.31. The second-order valence-corrected chi connectivity index (χ2v) is 4.19. The maximum Gasteiger partial charge on any atom is 0.159 e. The average Bonchev–Trinajstić information content (AvgIpc) is 2.66. The number of halogens is 1. The Morgan fingerprint density at radius 1 is 1.56 bits per heavy atom. The van der Waals surface area contributed by atoms with E-state index in [0.29, 0.717) is 18.6 Å². The van der Waals surface area contributed by atoms with Crippen molar-refractivity contribution in [2.75, 3.05) is 13.2 Å². The van der Waals surface area contributed by atoms with Crippen LogP contribution in [0.3, 0.4) is 0 Å². The van der Waals surface area contributed by atoms with E-state index in [4.69, 9.17) is 10.5 Å². The zero-order valence-corrected chi connectivity index (χ0v) is 8.91. The van der Waals surface area contributed by atoms with Crippen LogP contribution in [0.2, 0.25) is 0 Å². The van der Waals surface area contributed by atoms with Crippen molar-refractivity contribution in [1.29, 1.82) is 0 Å². The molecule has 1 aliphatic rings. The molecule has 0 aliphatic carbocycles. The number of ketones is 1. The van der Waals surface area contributed by atoms with E-state index in [9.17, 15) is 9.18 Å². The Bertz CT molecular complexity index is 400. The Morgan fingerprint density at radius 3 is 3.00 bits per heavy atom. The Labute approximate surface area is 93.4 Å². The van der Waals surface area contributed by atoms with Crippen molar-refractivity contribution in [3.63, 3.8) is 0 Å². The Hall–Kier alpha value is -1.26. The van der Waals surface area contributed by atoms with E-state index in [0.717, 1.165) is 0 Å². The SMILES string of the molecule is NC1(C(=O)Cc2cccc(F)c2)CCOC1. The summed E-state index contributed by atoms with van der Waals surface area (Å²) in [5, 5.41) is 0. The lowest BCUT2D eigenvalue weighted by Gasteiger charge is -2.19. The quantitative estimate of drug-likeness (QED) is 0.833. The number of ether oxygens (including phenoxy) is 1. The van der Waals surface area contributed by atoms with Crippen molar-refractivity contribution in [3.05, 3.63) is 35.6 Å². The van der Waals surface area contributed by atoms with E-state index < -0.39 is 5.54 Å². The molecule has 1 heterocycles. The van der Waals surface area contributed by atoms with E-state index in [1.165, 1.54) is 12.1 Å². The fourth-order valence-corrected chi connectivity index (χ4v) is 1.81. The maximum absolute atomic E-state index is 12.9. The molecule has 2 rings (SSSR count). The van der Waals surface area contributed by atoms with Crippen LogP contribution in [0.4, 0.5) is 4.39 Å². The highest BCUT2D eigenvalue weighted by Gasteiger charge is 2.37. The first-order chi connectivity index (χ1) is 7.60. The zero-order valence-electron chi connectivity index (χ0n) is 8.91. The van der Waals surface area contributed by atoms with Crippen LogP contribution in [-0.2, 0) is 16.0 Å². The molecule has 1 saturated heterocycles. The van der Waals surface area contributed by atoms with Crippen molar-refractivity contribution in [1.82, 2.24) is 0 Å². The highest BCUT2D eigenvalue weighted by atomic mass is 19.1. The van der Waals surface area contributed by atoms with Crippen molar-refractivity contribution >= 4 is 5.78 Å². The Kier molecular flexibility index (Phi) is 3.03. The van der Waals surface area contributed by atoms with E-state index >= 15 is 0 Å². The normalized spacial score (nSPS) is 24.6. The fraction of sp³-hybridized carbons (Fsp3) is 0.417. The largest absolute Gasteiger partial charge is 0.379 e. The van der Waals surface area contributed by atoms with Crippen LogP contribution in [0.15, 0.2) is 24.3 Å². The molecule has 0 bridgehead atoms. The van der Waals surface area contributed by atoms with Crippen LogP contribution in [0, 0.1) is 5.82 Å². The van der Waals surface area contributed by atoms with Gasteiger partial charge in [-0.1, -0.05) is 12.1 Å². The number of nitrogens with two attached hydrogens (primary N) is 1. The monoisotopic (exact) mass is 223 g/mol. The highest BCUT2D eigenvalue weighted by molar-refractivity contribution is 5.90. The minimum atomic E-state index is -0.883. The summed E-state index contributed by atoms with van der Waals surface area (Å²) in [5.74, 6) is -0.422. The predicted octanol–water partition coefficient (Wildman–Crippen LogP) is 1.06. The van der Waals surface area contributed by atoms with E-state index in [1.54, 1.807) is 12.1 Å². The lowest BCUT2D eigenvalue weighted by molar-refractivity contribution is -0.123. The lowest BCUT2D eigenvalue weighted by Crippen LogP contribution is -2.49. The molecule has 1 fully saturated rings. The molecule has 0 spiro atoms. The highest BCUT2D eigenvalue weighted by Crippen LogP contribution is 2.19. The van der Waals surface area contributed by atoms with Gasteiger partial charge < -0.3 is 10.5 Å². The van der Waals surface area contributed by atoms with Gasteiger partial charge in [-0.2, -0.15) is 0 Å². The Morgan fingerprint density at radius 2 is 2.38 bits per heavy atom. The molecular formula is C12H14FNO2. The summed E-state index contributed by atoms with van der Waals surface area (Å²) in [6, 6.07) is 6.02. The molecule has 0 radical (unpaired) electrons. The van der Waals surface area contributed by atoms with Crippen molar-refractivity contribution in [2.24, 2.45) is 5.73 Å². The molecule has 1 aromatic carbocycles. The smallest absolute Gasteiger partial charge is 0.159 e. The first-order valence-electron chi connectivity index (χ1n) is 5.24. The van der Waals surface area contributed by atoms with E-state index in [2.05, 4.69) is 0 Å². The summed E-state index contributed by atoms with van der Waals surface area (Å²) in [5.41, 5.74) is 5.69.